The fourth-order valence-corrected chi connectivity index (χ4v) is 2.85. The Hall–Kier alpha value is -2.21. The molecule has 0 spiro atoms. The molecule has 0 atom stereocenters. The molecule has 6 heteroatoms. The zero-order valence-electron chi connectivity index (χ0n) is 10.5. The number of rotatable bonds is 2. The molecule has 2 heterocycles. The minimum Gasteiger partial charge on any atom is -0.507 e. The summed E-state index contributed by atoms with van der Waals surface area (Å²) in [7, 11) is 1.82. The van der Waals surface area contributed by atoms with Gasteiger partial charge in [0, 0.05) is 23.4 Å². The van der Waals surface area contributed by atoms with Crippen LogP contribution in [-0.4, -0.2) is 14.9 Å². The fourth-order valence-electron chi connectivity index (χ4n) is 1.87. The Morgan fingerprint density at radius 2 is 2.11 bits per heavy atom. The number of hydrogen-bond acceptors (Lipinski definition) is 5. The first-order valence-electron chi connectivity index (χ1n) is 5.77. The number of phenolic OH excluding ortho intramolecular Hbond substituents is 1. The van der Waals surface area contributed by atoms with E-state index in [0.29, 0.717) is 5.82 Å². The molecule has 0 aliphatic rings. The summed E-state index contributed by atoms with van der Waals surface area (Å²) in [4.78, 5) is 1.13. The van der Waals surface area contributed by atoms with Crippen molar-refractivity contribution < 1.29 is 5.11 Å². The van der Waals surface area contributed by atoms with Gasteiger partial charge < -0.3 is 5.11 Å². The maximum absolute atomic E-state index is 9.83. The second-order valence-corrected chi connectivity index (χ2v) is 5.47. The third-order valence-corrected chi connectivity index (χ3v) is 3.89. The number of fused-ring (bicyclic) bond motifs is 1. The monoisotopic (exact) mass is 272 g/mol. The normalized spacial score (nSPS) is 11.7. The average Bonchev–Trinajstić information content (AvgIpc) is 2.95. The van der Waals surface area contributed by atoms with Crippen molar-refractivity contribution in [3.8, 4) is 5.75 Å². The van der Waals surface area contributed by atoms with Gasteiger partial charge in [-0.1, -0.05) is 0 Å². The summed E-state index contributed by atoms with van der Waals surface area (Å²) in [6.45, 7) is 2.01. The Morgan fingerprint density at radius 3 is 2.84 bits per heavy atom. The molecule has 0 bridgehead atoms. The first kappa shape index (κ1) is 11.9. The molecular weight excluding hydrogens is 260 g/mol. The lowest BCUT2D eigenvalue weighted by Gasteiger charge is -1.98. The van der Waals surface area contributed by atoms with E-state index in [1.165, 1.54) is 0 Å². The van der Waals surface area contributed by atoms with Crippen molar-refractivity contribution in [1.29, 1.82) is 0 Å². The molecule has 96 valence electrons. The SMILES string of the molecule is Cc1cc2c(O)ccc(/N=N/c3ccnn3C)c2s1. The second-order valence-electron chi connectivity index (χ2n) is 4.22. The van der Waals surface area contributed by atoms with Gasteiger partial charge in [-0.15, -0.1) is 21.6 Å². The minimum atomic E-state index is 0.277. The number of aryl methyl sites for hydroxylation is 2. The molecule has 3 aromatic rings. The number of thiophene rings is 1. The van der Waals surface area contributed by atoms with Crippen molar-refractivity contribution in [3.63, 3.8) is 0 Å². The molecule has 5 nitrogen and oxygen atoms in total. The van der Waals surface area contributed by atoms with Crippen LogP contribution in [0.5, 0.6) is 5.75 Å². The van der Waals surface area contributed by atoms with E-state index in [0.717, 1.165) is 20.7 Å². The maximum Gasteiger partial charge on any atom is 0.172 e. The van der Waals surface area contributed by atoms with Gasteiger partial charge in [-0.25, -0.2) is 4.68 Å². The molecule has 1 aromatic carbocycles. The van der Waals surface area contributed by atoms with Crippen LogP contribution in [0, 0.1) is 6.92 Å². The Balaban J connectivity index is 2.09. The van der Waals surface area contributed by atoms with E-state index in [2.05, 4.69) is 15.3 Å². The number of nitrogens with zero attached hydrogens (tertiary/aromatic N) is 4. The van der Waals surface area contributed by atoms with Gasteiger partial charge in [0.15, 0.2) is 5.82 Å². The van der Waals surface area contributed by atoms with E-state index in [4.69, 9.17) is 0 Å². The van der Waals surface area contributed by atoms with Gasteiger partial charge in [0.2, 0.25) is 0 Å². The van der Waals surface area contributed by atoms with E-state index >= 15 is 0 Å². The lowest BCUT2D eigenvalue weighted by Crippen LogP contribution is -1.86. The summed E-state index contributed by atoms with van der Waals surface area (Å²) in [6.07, 6.45) is 1.68. The molecule has 0 saturated carbocycles. The van der Waals surface area contributed by atoms with E-state index < -0.39 is 0 Å². The van der Waals surface area contributed by atoms with Crippen LogP contribution in [0.25, 0.3) is 10.1 Å². The third kappa shape index (κ3) is 2.10. The Labute approximate surface area is 113 Å². The van der Waals surface area contributed by atoms with Gasteiger partial charge in [0.25, 0.3) is 0 Å². The number of hydrogen-bond donors (Lipinski definition) is 1. The van der Waals surface area contributed by atoms with Crippen molar-refractivity contribution in [2.75, 3.05) is 0 Å². The number of aromatic hydroxyl groups is 1. The van der Waals surface area contributed by atoms with Crippen LogP contribution in [0.2, 0.25) is 0 Å². The summed E-state index contributed by atoms with van der Waals surface area (Å²) >= 11 is 1.60. The highest BCUT2D eigenvalue weighted by atomic mass is 32.1. The van der Waals surface area contributed by atoms with Crippen LogP contribution in [-0.2, 0) is 7.05 Å². The molecular formula is C13H12N4OS. The van der Waals surface area contributed by atoms with E-state index in [1.807, 2.05) is 20.0 Å². The molecule has 0 unspecified atom stereocenters. The molecule has 1 N–H and O–H groups in total. The van der Waals surface area contributed by atoms with E-state index in [-0.39, 0.29) is 5.75 Å². The number of azo groups is 1. The van der Waals surface area contributed by atoms with Crippen molar-refractivity contribution in [1.82, 2.24) is 9.78 Å². The topological polar surface area (TPSA) is 62.8 Å². The van der Waals surface area contributed by atoms with Gasteiger partial charge >= 0.3 is 0 Å². The van der Waals surface area contributed by atoms with Crippen LogP contribution in [0.4, 0.5) is 11.5 Å². The summed E-state index contributed by atoms with van der Waals surface area (Å²) in [5.41, 5.74) is 0.757. The van der Waals surface area contributed by atoms with Crippen molar-refractivity contribution in [2.24, 2.45) is 17.3 Å². The Morgan fingerprint density at radius 1 is 1.26 bits per heavy atom. The van der Waals surface area contributed by atoms with E-state index in [1.54, 1.807) is 40.4 Å². The Kier molecular flexibility index (Phi) is 2.79. The first-order valence-corrected chi connectivity index (χ1v) is 6.58. The summed E-state index contributed by atoms with van der Waals surface area (Å²) in [5.74, 6) is 0.966. The number of aromatic nitrogens is 2. The van der Waals surface area contributed by atoms with Gasteiger partial charge in [-0.2, -0.15) is 5.10 Å². The summed E-state index contributed by atoms with van der Waals surface area (Å²) in [5, 5.41) is 23.1. The van der Waals surface area contributed by atoms with Crippen molar-refractivity contribution >= 4 is 32.9 Å². The van der Waals surface area contributed by atoms with E-state index in [9.17, 15) is 5.11 Å². The zero-order chi connectivity index (χ0) is 13.4. The lowest BCUT2D eigenvalue weighted by molar-refractivity contribution is 0.482. The molecule has 0 aliphatic heterocycles. The smallest absolute Gasteiger partial charge is 0.172 e. The highest BCUT2D eigenvalue weighted by molar-refractivity contribution is 7.19. The molecule has 0 aliphatic carbocycles. The average molecular weight is 272 g/mol. The molecule has 0 saturated heterocycles. The summed E-state index contributed by atoms with van der Waals surface area (Å²) in [6, 6.07) is 7.17. The molecule has 0 fully saturated rings. The van der Waals surface area contributed by atoms with Crippen LogP contribution in [0.1, 0.15) is 4.88 Å². The largest absolute Gasteiger partial charge is 0.507 e. The zero-order valence-corrected chi connectivity index (χ0v) is 11.3. The standard InChI is InChI=1S/C13H12N4OS/c1-8-7-9-11(18)4-3-10(13(9)19-8)15-16-12-5-6-14-17(12)2/h3-7,18H,1-2H3/b16-15+. The van der Waals surface area contributed by atoms with Crippen molar-refractivity contribution in [2.45, 2.75) is 6.92 Å². The van der Waals surface area contributed by atoms with Gasteiger partial charge in [0.05, 0.1) is 10.9 Å². The highest BCUT2D eigenvalue weighted by Crippen LogP contribution is 2.39. The Bertz CT molecular complexity index is 772. The number of phenols is 1. The first-order chi connectivity index (χ1) is 9.15. The fraction of sp³-hybridized carbons (Fsp3) is 0.154. The van der Waals surface area contributed by atoms with Crippen molar-refractivity contribution in [3.05, 3.63) is 35.3 Å². The molecule has 0 radical (unpaired) electrons. The van der Waals surface area contributed by atoms with Crippen LogP contribution in [0.3, 0.4) is 0 Å². The summed E-state index contributed by atoms with van der Waals surface area (Å²) < 4.78 is 2.60. The molecule has 3 rings (SSSR count). The minimum absolute atomic E-state index is 0.277. The predicted octanol–water partition coefficient (Wildman–Crippen LogP) is 4.06. The quantitative estimate of drug-likeness (QED) is 0.715. The molecule has 2 aromatic heterocycles. The molecule has 19 heavy (non-hydrogen) atoms. The maximum atomic E-state index is 9.83. The predicted molar refractivity (Wildman–Crippen MR) is 75.6 cm³/mol. The second kappa shape index (κ2) is 4.47. The molecule has 0 amide bonds. The third-order valence-electron chi connectivity index (χ3n) is 2.82. The lowest BCUT2D eigenvalue weighted by atomic mass is 10.2. The van der Waals surface area contributed by atoms with Gasteiger partial charge in [-0.05, 0) is 25.1 Å². The highest BCUT2D eigenvalue weighted by Gasteiger charge is 2.08. The van der Waals surface area contributed by atoms with Gasteiger partial charge in [-0.3, -0.25) is 0 Å². The van der Waals surface area contributed by atoms with Crippen LogP contribution in [0.15, 0.2) is 40.7 Å². The number of benzene rings is 1. The van der Waals surface area contributed by atoms with Crippen LogP contribution >= 0.6 is 11.3 Å². The van der Waals surface area contributed by atoms with Crippen LogP contribution < -0.4 is 0 Å². The van der Waals surface area contributed by atoms with Gasteiger partial charge in [0.1, 0.15) is 11.4 Å².